The van der Waals surface area contributed by atoms with Crippen molar-refractivity contribution in [1.29, 1.82) is 0 Å². The van der Waals surface area contributed by atoms with Gasteiger partial charge in [-0.15, -0.1) is 0 Å². The van der Waals surface area contributed by atoms with Crippen LogP contribution in [-0.4, -0.2) is 44.5 Å². The third kappa shape index (κ3) is 3.18. The van der Waals surface area contributed by atoms with Crippen molar-refractivity contribution in [3.63, 3.8) is 0 Å². The van der Waals surface area contributed by atoms with E-state index in [9.17, 15) is 8.42 Å². The molecule has 1 aliphatic heterocycles. The molecule has 6 nitrogen and oxygen atoms in total. The molecule has 1 aliphatic rings. The number of nitrogens with one attached hydrogen (secondary N) is 1. The summed E-state index contributed by atoms with van der Waals surface area (Å²) in [5.74, 6) is 0.0335. The van der Waals surface area contributed by atoms with Crippen LogP contribution in [0.2, 0.25) is 0 Å². The molecule has 0 radical (unpaired) electrons. The van der Waals surface area contributed by atoms with E-state index in [0.717, 1.165) is 19.6 Å². The normalized spacial score (nSPS) is 17.1. The van der Waals surface area contributed by atoms with E-state index in [1.165, 1.54) is 25.1 Å². The Morgan fingerprint density at radius 1 is 1.39 bits per heavy atom. The average molecular weight is 270 g/mol. The SMILES string of the molecule is Nc1ncccc1S(=O)(=O)NCCN1CCCC1. The van der Waals surface area contributed by atoms with Crippen LogP contribution in [0.25, 0.3) is 0 Å². The molecule has 1 aromatic rings. The second-order valence-corrected chi connectivity index (χ2v) is 6.07. The lowest BCUT2D eigenvalue weighted by Gasteiger charge is -2.15. The van der Waals surface area contributed by atoms with Crippen LogP contribution in [0.3, 0.4) is 0 Å². The van der Waals surface area contributed by atoms with Crippen LogP contribution in [-0.2, 0) is 10.0 Å². The lowest BCUT2D eigenvalue weighted by molar-refractivity contribution is 0.344. The van der Waals surface area contributed by atoms with Gasteiger partial charge >= 0.3 is 0 Å². The van der Waals surface area contributed by atoms with Gasteiger partial charge < -0.3 is 10.6 Å². The highest BCUT2D eigenvalue weighted by Gasteiger charge is 2.18. The van der Waals surface area contributed by atoms with Crippen LogP contribution in [0.5, 0.6) is 0 Å². The standard InChI is InChI=1S/C11H18N4O2S/c12-11-10(4-3-5-13-11)18(16,17)14-6-9-15-7-1-2-8-15/h3-5,14H,1-2,6-9H2,(H2,12,13). The molecular formula is C11H18N4O2S. The Labute approximate surface area is 107 Å². The van der Waals surface area contributed by atoms with E-state index in [1.54, 1.807) is 6.07 Å². The summed E-state index contributed by atoms with van der Waals surface area (Å²) in [6.07, 6.45) is 3.86. The Morgan fingerprint density at radius 2 is 2.11 bits per heavy atom. The Bertz CT molecular complexity index is 498. The molecule has 3 N–H and O–H groups in total. The minimum Gasteiger partial charge on any atom is -0.383 e. The first-order valence-electron chi connectivity index (χ1n) is 6.02. The van der Waals surface area contributed by atoms with Gasteiger partial charge in [0.25, 0.3) is 0 Å². The number of nitrogens with two attached hydrogens (primary N) is 1. The number of nitrogens with zero attached hydrogens (tertiary/aromatic N) is 2. The van der Waals surface area contributed by atoms with Gasteiger partial charge in [0.05, 0.1) is 0 Å². The summed E-state index contributed by atoms with van der Waals surface area (Å²) < 4.78 is 26.5. The molecule has 0 saturated carbocycles. The van der Waals surface area contributed by atoms with Crippen molar-refractivity contribution in [2.24, 2.45) is 0 Å². The fourth-order valence-electron chi connectivity index (χ4n) is 2.05. The van der Waals surface area contributed by atoms with Gasteiger partial charge in [0, 0.05) is 19.3 Å². The van der Waals surface area contributed by atoms with Gasteiger partial charge in [-0.1, -0.05) is 0 Å². The van der Waals surface area contributed by atoms with Crippen LogP contribution in [0.15, 0.2) is 23.2 Å². The Morgan fingerprint density at radius 3 is 2.78 bits per heavy atom. The maximum Gasteiger partial charge on any atom is 0.244 e. The maximum absolute atomic E-state index is 12.0. The van der Waals surface area contributed by atoms with Crippen LogP contribution in [0.1, 0.15) is 12.8 Å². The molecule has 0 atom stereocenters. The molecule has 0 aliphatic carbocycles. The number of aromatic nitrogens is 1. The molecule has 100 valence electrons. The first kappa shape index (κ1) is 13.3. The number of rotatable bonds is 5. The van der Waals surface area contributed by atoms with Gasteiger partial charge in [-0.25, -0.2) is 18.1 Å². The van der Waals surface area contributed by atoms with Crippen molar-refractivity contribution in [2.75, 3.05) is 31.9 Å². The molecule has 0 bridgehead atoms. The van der Waals surface area contributed by atoms with Crippen LogP contribution >= 0.6 is 0 Å². The molecular weight excluding hydrogens is 252 g/mol. The van der Waals surface area contributed by atoms with E-state index in [1.807, 2.05) is 0 Å². The molecule has 18 heavy (non-hydrogen) atoms. The van der Waals surface area contributed by atoms with Crippen molar-refractivity contribution < 1.29 is 8.42 Å². The fraction of sp³-hybridized carbons (Fsp3) is 0.545. The van der Waals surface area contributed by atoms with Crippen molar-refractivity contribution in [2.45, 2.75) is 17.7 Å². The van der Waals surface area contributed by atoms with Gasteiger partial charge in [0.15, 0.2) is 0 Å². The molecule has 1 aromatic heterocycles. The van der Waals surface area contributed by atoms with E-state index in [4.69, 9.17) is 5.73 Å². The second kappa shape index (κ2) is 5.64. The molecule has 7 heteroatoms. The monoisotopic (exact) mass is 270 g/mol. The Kier molecular flexibility index (Phi) is 4.15. The summed E-state index contributed by atoms with van der Waals surface area (Å²) in [4.78, 5) is 6.07. The van der Waals surface area contributed by atoms with Gasteiger partial charge in [-0.2, -0.15) is 0 Å². The number of sulfonamides is 1. The minimum absolute atomic E-state index is 0.0335. The van der Waals surface area contributed by atoms with Crippen molar-refractivity contribution in [3.05, 3.63) is 18.3 Å². The third-order valence-electron chi connectivity index (χ3n) is 3.01. The average Bonchev–Trinajstić information content (AvgIpc) is 2.82. The van der Waals surface area contributed by atoms with E-state index in [-0.39, 0.29) is 10.7 Å². The van der Waals surface area contributed by atoms with Crippen LogP contribution < -0.4 is 10.5 Å². The van der Waals surface area contributed by atoms with E-state index in [0.29, 0.717) is 6.54 Å². The zero-order valence-corrected chi connectivity index (χ0v) is 11.0. The Balaban J connectivity index is 1.93. The van der Waals surface area contributed by atoms with Crippen molar-refractivity contribution in [3.8, 4) is 0 Å². The van der Waals surface area contributed by atoms with E-state index >= 15 is 0 Å². The predicted octanol–water partition coefficient (Wildman–Crippen LogP) is 0.0379. The highest BCUT2D eigenvalue weighted by molar-refractivity contribution is 7.89. The van der Waals surface area contributed by atoms with Gasteiger partial charge in [-0.3, -0.25) is 0 Å². The molecule has 0 amide bonds. The molecule has 0 aromatic carbocycles. The number of nitrogen functional groups attached to an aromatic ring is 1. The Hall–Kier alpha value is -1.18. The minimum atomic E-state index is -3.55. The van der Waals surface area contributed by atoms with Crippen LogP contribution in [0, 0.1) is 0 Å². The summed E-state index contributed by atoms with van der Waals surface area (Å²) in [5, 5.41) is 0. The smallest absolute Gasteiger partial charge is 0.244 e. The molecule has 0 spiro atoms. The molecule has 1 fully saturated rings. The highest BCUT2D eigenvalue weighted by Crippen LogP contribution is 2.14. The second-order valence-electron chi connectivity index (χ2n) is 4.33. The first-order chi connectivity index (χ1) is 8.59. The number of pyridine rings is 1. The lowest BCUT2D eigenvalue weighted by atomic mass is 10.4. The van der Waals surface area contributed by atoms with Gasteiger partial charge in [0.2, 0.25) is 10.0 Å². The summed E-state index contributed by atoms with van der Waals surface area (Å²) in [7, 11) is -3.55. The number of hydrogen-bond acceptors (Lipinski definition) is 5. The zero-order valence-electron chi connectivity index (χ0n) is 10.2. The summed E-state index contributed by atoms with van der Waals surface area (Å²) >= 11 is 0. The zero-order chi connectivity index (χ0) is 13.0. The predicted molar refractivity (Wildman–Crippen MR) is 69.5 cm³/mol. The highest BCUT2D eigenvalue weighted by atomic mass is 32.2. The van der Waals surface area contributed by atoms with Crippen molar-refractivity contribution >= 4 is 15.8 Å². The summed E-state index contributed by atoms with van der Waals surface area (Å²) in [6.45, 7) is 3.24. The molecule has 2 heterocycles. The number of anilines is 1. The van der Waals surface area contributed by atoms with Crippen molar-refractivity contribution in [1.82, 2.24) is 14.6 Å². The lowest BCUT2D eigenvalue weighted by Crippen LogP contribution is -2.33. The summed E-state index contributed by atoms with van der Waals surface area (Å²) in [6, 6.07) is 3.02. The largest absolute Gasteiger partial charge is 0.383 e. The molecule has 2 rings (SSSR count). The number of hydrogen-bond donors (Lipinski definition) is 2. The number of likely N-dealkylation sites (tertiary alicyclic amines) is 1. The molecule has 0 unspecified atom stereocenters. The van der Waals surface area contributed by atoms with Crippen LogP contribution in [0.4, 0.5) is 5.82 Å². The molecule has 1 saturated heterocycles. The maximum atomic E-state index is 12.0. The quantitative estimate of drug-likeness (QED) is 0.788. The summed E-state index contributed by atoms with van der Waals surface area (Å²) in [5.41, 5.74) is 5.56. The third-order valence-corrected chi connectivity index (χ3v) is 4.52. The first-order valence-corrected chi connectivity index (χ1v) is 7.50. The topological polar surface area (TPSA) is 88.3 Å². The van der Waals surface area contributed by atoms with Gasteiger partial charge in [-0.05, 0) is 38.1 Å². The van der Waals surface area contributed by atoms with E-state index in [2.05, 4.69) is 14.6 Å². The van der Waals surface area contributed by atoms with Gasteiger partial charge in [0.1, 0.15) is 10.7 Å². The van der Waals surface area contributed by atoms with E-state index < -0.39 is 10.0 Å². The fourth-order valence-corrected chi connectivity index (χ4v) is 3.15.